The number of sulfonamides is 1. The van der Waals surface area contributed by atoms with Crippen LogP contribution in [0.25, 0.3) is 0 Å². The van der Waals surface area contributed by atoms with E-state index in [9.17, 15) is 13.2 Å². The van der Waals surface area contributed by atoms with E-state index >= 15 is 0 Å². The maximum Gasteiger partial charge on any atom is 0.254 e. The maximum absolute atomic E-state index is 12.9. The standard InChI is InChI=1S/C19H28N2O3S/c1-14-7-10-17(25(23,24)21-11-5-4-6-12-21)13-18(14)19(22)20(3)15(2)16-8-9-16/h7,10,13,15-16H,4-6,8-9,11-12H2,1-3H3. The van der Waals surface area contributed by atoms with E-state index in [1.807, 2.05) is 14.0 Å². The Hall–Kier alpha value is -1.40. The molecule has 0 radical (unpaired) electrons. The second-order valence-electron chi connectivity index (χ2n) is 7.44. The summed E-state index contributed by atoms with van der Waals surface area (Å²) in [6.45, 7) is 5.07. The molecule has 2 fully saturated rings. The minimum absolute atomic E-state index is 0.0902. The largest absolute Gasteiger partial charge is 0.339 e. The molecule has 1 unspecified atom stereocenters. The van der Waals surface area contributed by atoms with Crippen molar-refractivity contribution < 1.29 is 13.2 Å². The normalized spacial score (nSPS) is 20.3. The lowest BCUT2D eigenvalue weighted by Gasteiger charge is -2.27. The molecule has 5 nitrogen and oxygen atoms in total. The van der Waals surface area contributed by atoms with Crippen molar-refractivity contribution in [1.82, 2.24) is 9.21 Å². The summed E-state index contributed by atoms with van der Waals surface area (Å²) in [6, 6.07) is 5.13. The Bertz CT molecular complexity index is 750. The first kappa shape index (κ1) is 18.4. The monoisotopic (exact) mass is 364 g/mol. The van der Waals surface area contributed by atoms with Crippen molar-refractivity contribution in [2.75, 3.05) is 20.1 Å². The number of aryl methyl sites for hydroxylation is 1. The van der Waals surface area contributed by atoms with Crippen molar-refractivity contribution in [2.45, 2.75) is 56.9 Å². The molecular weight excluding hydrogens is 336 g/mol. The first-order valence-corrected chi connectivity index (χ1v) is 10.6. The molecule has 0 bridgehead atoms. The lowest BCUT2D eigenvalue weighted by molar-refractivity contribution is 0.0726. The van der Waals surface area contributed by atoms with Crippen molar-refractivity contribution in [3.05, 3.63) is 29.3 Å². The molecule has 1 saturated carbocycles. The first-order chi connectivity index (χ1) is 11.8. The maximum atomic E-state index is 12.9. The lowest BCUT2D eigenvalue weighted by Crippen LogP contribution is -2.37. The summed E-state index contributed by atoms with van der Waals surface area (Å²) in [5.41, 5.74) is 1.31. The number of benzene rings is 1. The van der Waals surface area contributed by atoms with Gasteiger partial charge in [0.05, 0.1) is 4.90 Å². The van der Waals surface area contributed by atoms with Gasteiger partial charge in [-0.15, -0.1) is 0 Å². The second-order valence-corrected chi connectivity index (χ2v) is 9.37. The van der Waals surface area contributed by atoms with Gasteiger partial charge in [0.15, 0.2) is 0 Å². The molecule has 138 valence electrons. The Morgan fingerprint density at radius 1 is 1.20 bits per heavy atom. The van der Waals surface area contributed by atoms with E-state index in [1.54, 1.807) is 27.4 Å². The third-order valence-corrected chi connectivity index (χ3v) is 7.52. The van der Waals surface area contributed by atoms with Crippen molar-refractivity contribution in [1.29, 1.82) is 0 Å². The fraction of sp³-hybridized carbons (Fsp3) is 0.632. The third-order valence-electron chi connectivity index (χ3n) is 5.63. The van der Waals surface area contributed by atoms with E-state index in [0.717, 1.165) is 24.8 Å². The molecule has 3 rings (SSSR count). The van der Waals surface area contributed by atoms with Gasteiger partial charge < -0.3 is 4.90 Å². The van der Waals surface area contributed by atoms with Crippen LogP contribution < -0.4 is 0 Å². The molecule has 1 amide bonds. The highest BCUT2D eigenvalue weighted by atomic mass is 32.2. The zero-order valence-corrected chi connectivity index (χ0v) is 16.2. The summed E-state index contributed by atoms with van der Waals surface area (Å²) in [5.74, 6) is 0.488. The number of hydrogen-bond acceptors (Lipinski definition) is 3. The zero-order valence-electron chi connectivity index (χ0n) is 15.4. The number of carbonyl (C=O) groups excluding carboxylic acids is 1. The number of carbonyl (C=O) groups is 1. The van der Waals surface area contributed by atoms with E-state index in [0.29, 0.717) is 24.6 Å². The van der Waals surface area contributed by atoms with Gasteiger partial charge in [-0.3, -0.25) is 4.79 Å². The van der Waals surface area contributed by atoms with Gasteiger partial charge in [-0.1, -0.05) is 12.5 Å². The summed E-state index contributed by atoms with van der Waals surface area (Å²) < 4.78 is 27.3. The molecule has 0 aromatic heterocycles. The van der Waals surface area contributed by atoms with Crippen molar-refractivity contribution in [2.24, 2.45) is 5.92 Å². The van der Waals surface area contributed by atoms with E-state index < -0.39 is 10.0 Å². The molecule has 0 N–H and O–H groups in total. The van der Waals surface area contributed by atoms with Gasteiger partial charge in [0.2, 0.25) is 10.0 Å². The van der Waals surface area contributed by atoms with Crippen LogP contribution in [0.1, 0.15) is 54.9 Å². The van der Waals surface area contributed by atoms with Crippen LogP contribution in [0.5, 0.6) is 0 Å². The van der Waals surface area contributed by atoms with Crippen LogP contribution in [0, 0.1) is 12.8 Å². The predicted molar refractivity (Wildman–Crippen MR) is 98.1 cm³/mol. The Labute approximate surface area is 151 Å². The summed E-state index contributed by atoms with van der Waals surface area (Å²) in [5, 5.41) is 0. The average Bonchev–Trinajstić information content (AvgIpc) is 3.46. The third kappa shape index (κ3) is 3.75. The highest BCUT2D eigenvalue weighted by Gasteiger charge is 2.33. The van der Waals surface area contributed by atoms with Crippen LogP contribution in [0.4, 0.5) is 0 Å². The van der Waals surface area contributed by atoms with Crippen molar-refractivity contribution in [3.63, 3.8) is 0 Å². The van der Waals surface area contributed by atoms with Crippen LogP contribution in [0.3, 0.4) is 0 Å². The number of piperidine rings is 1. The Morgan fingerprint density at radius 3 is 2.44 bits per heavy atom. The van der Waals surface area contributed by atoms with E-state index in [-0.39, 0.29) is 16.8 Å². The summed E-state index contributed by atoms with van der Waals surface area (Å²) in [7, 11) is -1.71. The minimum atomic E-state index is -3.52. The minimum Gasteiger partial charge on any atom is -0.339 e. The molecule has 1 aromatic carbocycles. The summed E-state index contributed by atoms with van der Waals surface area (Å²) in [4.78, 5) is 14.9. The molecular formula is C19H28N2O3S. The Kier molecular flexibility index (Phi) is 5.21. The van der Waals surface area contributed by atoms with Gasteiger partial charge in [0, 0.05) is 31.7 Å². The number of amides is 1. The number of rotatable bonds is 5. The lowest BCUT2D eigenvalue weighted by atomic mass is 10.1. The molecule has 1 aliphatic heterocycles. The highest BCUT2D eigenvalue weighted by Crippen LogP contribution is 2.35. The smallest absolute Gasteiger partial charge is 0.254 e. The van der Waals surface area contributed by atoms with E-state index in [1.165, 1.54) is 12.8 Å². The van der Waals surface area contributed by atoms with E-state index in [4.69, 9.17) is 0 Å². The molecule has 2 aliphatic rings. The summed E-state index contributed by atoms with van der Waals surface area (Å²) in [6.07, 6.45) is 5.22. The van der Waals surface area contributed by atoms with Crippen LogP contribution in [-0.2, 0) is 10.0 Å². The average molecular weight is 365 g/mol. The first-order valence-electron chi connectivity index (χ1n) is 9.20. The van der Waals surface area contributed by atoms with Crippen LogP contribution in [0.15, 0.2) is 23.1 Å². The topological polar surface area (TPSA) is 57.7 Å². The van der Waals surface area contributed by atoms with Gasteiger partial charge in [-0.25, -0.2) is 8.42 Å². The van der Waals surface area contributed by atoms with Gasteiger partial charge in [0.1, 0.15) is 0 Å². The number of hydrogen-bond donors (Lipinski definition) is 0. The zero-order chi connectivity index (χ0) is 18.2. The van der Waals surface area contributed by atoms with Crippen molar-refractivity contribution >= 4 is 15.9 Å². The van der Waals surface area contributed by atoms with Gasteiger partial charge in [0.25, 0.3) is 5.91 Å². The molecule has 25 heavy (non-hydrogen) atoms. The fourth-order valence-electron chi connectivity index (χ4n) is 3.52. The van der Waals surface area contributed by atoms with Gasteiger partial charge in [-0.05, 0) is 63.1 Å². The molecule has 6 heteroatoms. The molecule has 1 heterocycles. The van der Waals surface area contributed by atoms with E-state index in [2.05, 4.69) is 6.92 Å². The number of nitrogens with zero attached hydrogens (tertiary/aromatic N) is 2. The molecule has 1 aromatic rings. The Morgan fingerprint density at radius 2 is 1.84 bits per heavy atom. The summed E-state index contributed by atoms with van der Waals surface area (Å²) >= 11 is 0. The highest BCUT2D eigenvalue weighted by molar-refractivity contribution is 7.89. The second kappa shape index (κ2) is 7.08. The SMILES string of the molecule is Cc1ccc(S(=O)(=O)N2CCCCC2)cc1C(=O)N(C)C(C)C1CC1. The van der Waals surface area contributed by atoms with Gasteiger partial charge >= 0.3 is 0 Å². The molecule has 1 aliphatic carbocycles. The van der Waals surface area contributed by atoms with Crippen LogP contribution >= 0.6 is 0 Å². The predicted octanol–water partition coefficient (Wildman–Crippen LogP) is 3.04. The molecule has 1 atom stereocenters. The van der Waals surface area contributed by atoms with Crippen molar-refractivity contribution in [3.8, 4) is 0 Å². The Balaban J connectivity index is 1.88. The van der Waals surface area contributed by atoms with Gasteiger partial charge in [-0.2, -0.15) is 4.31 Å². The fourth-order valence-corrected chi connectivity index (χ4v) is 5.06. The molecule has 1 saturated heterocycles. The quantitative estimate of drug-likeness (QED) is 0.807. The molecule has 0 spiro atoms. The van der Waals surface area contributed by atoms with Crippen LogP contribution in [-0.4, -0.2) is 49.7 Å². The van der Waals surface area contributed by atoms with Crippen LogP contribution in [0.2, 0.25) is 0 Å².